The standard InChI is InChI=1S/C25H27ClN2O6S/c1-16-7-6-8-18(11-16)28(35(30,31)24-12-17(2)9-10-21(24)32-3)15-25(29)27-20-14-22(33-4)19(26)13-23(20)34-5/h6-14H,15H2,1-5H3,(H,27,29). The van der Waals surface area contributed by atoms with Gasteiger partial charge in [-0.1, -0.05) is 29.8 Å². The molecule has 0 saturated heterocycles. The van der Waals surface area contributed by atoms with Gasteiger partial charge in [-0.3, -0.25) is 9.10 Å². The summed E-state index contributed by atoms with van der Waals surface area (Å²) in [4.78, 5) is 13.1. The molecule has 0 aliphatic heterocycles. The highest BCUT2D eigenvalue weighted by atomic mass is 35.5. The van der Waals surface area contributed by atoms with Crippen molar-refractivity contribution >= 4 is 38.9 Å². The minimum Gasteiger partial charge on any atom is -0.495 e. The van der Waals surface area contributed by atoms with E-state index >= 15 is 0 Å². The van der Waals surface area contributed by atoms with Crippen molar-refractivity contribution in [1.82, 2.24) is 0 Å². The van der Waals surface area contributed by atoms with Crippen LogP contribution in [0.15, 0.2) is 59.5 Å². The third-order valence-electron chi connectivity index (χ3n) is 5.21. The molecule has 0 unspecified atom stereocenters. The van der Waals surface area contributed by atoms with E-state index in [0.29, 0.717) is 22.2 Å². The average molecular weight is 519 g/mol. The summed E-state index contributed by atoms with van der Waals surface area (Å²) >= 11 is 6.15. The van der Waals surface area contributed by atoms with Crippen LogP contribution in [0, 0.1) is 13.8 Å². The lowest BCUT2D eigenvalue weighted by Gasteiger charge is -2.25. The molecule has 8 nitrogen and oxygen atoms in total. The Morgan fingerprint density at radius 3 is 2.17 bits per heavy atom. The largest absolute Gasteiger partial charge is 0.495 e. The highest BCUT2D eigenvalue weighted by Gasteiger charge is 2.30. The number of sulfonamides is 1. The molecule has 0 bridgehead atoms. The number of methoxy groups -OCH3 is 3. The molecule has 0 aliphatic carbocycles. The number of rotatable bonds is 9. The van der Waals surface area contributed by atoms with E-state index in [1.54, 1.807) is 37.3 Å². The number of benzene rings is 3. The first kappa shape index (κ1) is 26.2. The van der Waals surface area contributed by atoms with Crippen LogP contribution in [0.5, 0.6) is 17.2 Å². The molecule has 1 N–H and O–H groups in total. The van der Waals surface area contributed by atoms with Crippen LogP contribution in [-0.4, -0.2) is 42.2 Å². The molecule has 3 aromatic carbocycles. The number of halogens is 1. The van der Waals surface area contributed by atoms with Gasteiger partial charge in [-0.05, 0) is 49.2 Å². The van der Waals surface area contributed by atoms with Crippen molar-refractivity contribution in [3.63, 3.8) is 0 Å². The zero-order chi connectivity index (χ0) is 25.8. The first-order chi connectivity index (χ1) is 16.6. The average Bonchev–Trinajstić information content (AvgIpc) is 2.83. The topological polar surface area (TPSA) is 94.2 Å². The van der Waals surface area contributed by atoms with Crippen molar-refractivity contribution in [3.05, 3.63) is 70.7 Å². The SMILES string of the molecule is COc1cc(NC(=O)CN(c2cccc(C)c2)S(=O)(=O)c2cc(C)ccc2OC)c(OC)cc1Cl. The number of carbonyl (C=O) groups is 1. The van der Waals surface area contributed by atoms with Crippen LogP contribution in [0.4, 0.5) is 11.4 Å². The van der Waals surface area contributed by atoms with Crippen molar-refractivity contribution in [3.8, 4) is 17.2 Å². The lowest BCUT2D eigenvalue weighted by atomic mass is 10.2. The van der Waals surface area contributed by atoms with Crippen LogP contribution < -0.4 is 23.8 Å². The van der Waals surface area contributed by atoms with Crippen LogP contribution in [0.3, 0.4) is 0 Å². The highest BCUT2D eigenvalue weighted by molar-refractivity contribution is 7.93. The Balaban J connectivity index is 2.04. The van der Waals surface area contributed by atoms with E-state index in [-0.39, 0.29) is 16.3 Å². The van der Waals surface area contributed by atoms with Crippen molar-refractivity contribution in [2.24, 2.45) is 0 Å². The highest BCUT2D eigenvalue weighted by Crippen LogP contribution is 2.36. The molecule has 0 atom stereocenters. The van der Waals surface area contributed by atoms with E-state index in [9.17, 15) is 13.2 Å². The maximum absolute atomic E-state index is 13.8. The Kier molecular flexibility index (Phi) is 8.14. The quantitative estimate of drug-likeness (QED) is 0.436. The maximum atomic E-state index is 13.8. The van der Waals surface area contributed by atoms with Gasteiger partial charge in [0.05, 0.1) is 37.7 Å². The summed E-state index contributed by atoms with van der Waals surface area (Å²) in [5.74, 6) is 0.215. The molecular weight excluding hydrogens is 492 g/mol. The zero-order valence-electron chi connectivity index (χ0n) is 20.1. The van der Waals surface area contributed by atoms with E-state index in [4.69, 9.17) is 25.8 Å². The van der Waals surface area contributed by atoms with Crippen LogP contribution >= 0.6 is 11.6 Å². The van der Waals surface area contributed by atoms with Crippen molar-refractivity contribution in [2.45, 2.75) is 18.7 Å². The van der Waals surface area contributed by atoms with Gasteiger partial charge in [0.25, 0.3) is 10.0 Å². The Morgan fingerprint density at radius 1 is 0.886 bits per heavy atom. The van der Waals surface area contributed by atoms with E-state index in [1.807, 2.05) is 13.0 Å². The first-order valence-electron chi connectivity index (χ1n) is 10.6. The summed E-state index contributed by atoms with van der Waals surface area (Å²) in [5, 5.41) is 3.01. The third-order valence-corrected chi connectivity index (χ3v) is 7.30. The van der Waals surface area contributed by atoms with E-state index in [2.05, 4.69) is 5.32 Å². The lowest BCUT2D eigenvalue weighted by molar-refractivity contribution is -0.114. The maximum Gasteiger partial charge on any atom is 0.268 e. The minimum atomic E-state index is -4.19. The molecule has 3 aromatic rings. The summed E-state index contributed by atoms with van der Waals surface area (Å²) in [7, 11) is 0.0850. The molecule has 35 heavy (non-hydrogen) atoms. The number of amides is 1. The molecule has 0 aliphatic rings. The van der Waals surface area contributed by atoms with Gasteiger partial charge in [-0.25, -0.2) is 8.42 Å². The Labute approximate surface area is 210 Å². The van der Waals surface area contributed by atoms with Crippen LogP contribution in [-0.2, 0) is 14.8 Å². The number of hydrogen-bond acceptors (Lipinski definition) is 6. The summed E-state index contributed by atoms with van der Waals surface area (Å²) in [6.45, 7) is 3.12. The Hall–Kier alpha value is -3.43. The second kappa shape index (κ2) is 10.9. The normalized spacial score (nSPS) is 11.0. The number of anilines is 2. The number of aryl methyl sites for hydroxylation is 2. The van der Waals surface area contributed by atoms with Gasteiger partial charge in [0.1, 0.15) is 28.7 Å². The first-order valence-corrected chi connectivity index (χ1v) is 12.4. The van der Waals surface area contributed by atoms with E-state index in [0.717, 1.165) is 15.4 Å². The number of nitrogens with one attached hydrogen (secondary N) is 1. The molecular formula is C25H27ClN2O6S. The molecule has 3 rings (SSSR count). The number of carbonyl (C=O) groups excluding carboxylic acids is 1. The monoisotopic (exact) mass is 518 g/mol. The molecule has 186 valence electrons. The Bertz CT molecular complexity index is 1340. The van der Waals surface area contributed by atoms with Gasteiger partial charge in [0, 0.05) is 12.1 Å². The Morgan fingerprint density at radius 2 is 1.54 bits per heavy atom. The molecule has 0 fully saturated rings. The molecule has 1 amide bonds. The molecule has 0 radical (unpaired) electrons. The van der Waals surface area contributed by atoms with Gasteiger partial charge in [-0.15, -0.1) is 0 Å². The fourth-order valence-electron chi connectivity index (χ4n) is 3.48. The van der Waals surface area contributed by atoms with Gasteiger partial charge < -0.3 is 19.5 Å². The van der Waals surface area contributed by atoms with E-state index < -0.39 is 22.5 Å². The minimum absolute atomic E-state index is 0.0416. The fraction of sp³-hybridized carbons (Fsp3) is 0.240. The van der Waals surface area contributed by atoms with Crippen molar-refractivity contribution < 1.29 is 27.4 Å². The lowest BCUT2D eigenvalue weighted by Crippen LogP contribution is -2.38. The number of nitrogens with zero attached hydrogens (tertiary/aromatic N) is 1. The zero-order valence-corrected chi connectivity index (χ0v) is 21.7. The molecule has 0 aromatic heterocycles. The molecule has 10 heteroatoms. The third kappa shape index (κ3) is 5.80. The number of hydrogen-bond donors (Lipinski definition) is 1. The van der Waals surface area contributed by atoms with E-state index in [1.165, 1.54) is 39.5 Å². The van der Waals surface area contributed by atoms with Gasteiger partial charge in [0.15, 0.2) is 0 Å². The van der Waals surface area contributed by atoms with Crippen LogP contribution in [0.2, 0.25) is 5.02 Å². The van der Waals surface area contributed by atoms with Crippen molar-refractivity contribution in [2.75, 3.05) is 37.5 Å². The summed E-state index contributed by atoms with van der Waals surface area (Å²) in [6, 6.07) is 14.8. The summed E-state index contributed by atoms with van der Waals surface area (Å²) in [5.41, 5.74) is 2.19. The fourth-order valence-corrected chi connectivity index (χ4v) is 5.37. The molecule has 0 saturated carbocycles. The molecule has 0 spiro atoms. The predicted molar refractivity (Wildman–Crippen MR) is 137 cm³/mol. The van der Waals surface area contributed by atoms with Gasteiger partial charge in [-0.2, -0.15) is 0 Å². The van der Waals surface area contributed by atoms with Gasteiger partial charge >= 0.3 is 0 Å². The van der Waals surface area contributed by atoms with Crippen molar-refractivity contribution in [1.29, 1.82) is 0 Å². The van der Waals surface area contributed by atoms with Gasteiger partial charge in [0.2, 0.25) is 5.91 Å². The second-order valence-electron chi connectivity index (χ2n) is 7.74. The van der Waals surface area contributed by atoms with Crippen LogP contribution in [0.1, 0.15) is 11.1 Å². The van der Waals surface area contributed by atoms with Crippen LogP contribution in [0.25, 0.3) is 0 Å². The smallest absolute Gasteiger partial charge is 0.268 e. The predicted octanol–water partition coefficient (Wildman–Crippen LogP) is 4.82. The summed E-state index contributed by atoms with van der Waals surface area (Å²) in [6.07, 6.45) is 0. The number of ether oxygens (including phenoxy) is 3. The molecule has 0 heterocycles. The second-order valence-corrected chi connectivity index (χ2v) is 9.98. The summed E-state index contributed by atoms with van der Waals surface area (Å²) < 4.78 is 44.6.